The molecule has 1 fully saturated rings. The van der Waals surface area contributed by atoms with Crippen LogP contribution in [-0.2, 0) is 11.3 Å². The summed E-state index contributed by atoms with van der Waals surface area (Å²) in [6, 6.07) is 5.65. The van der Waals surface area contributed by atoms with Gasteiger partial charge in [-0.25, -0.2) is 0 Å². The van der Waals surface area contributed by atoms with Crippen molar-refractivity contribution in [2.75, 3.05) is 25.4 Å². The highest BCUT2D eigenvalue weighted by Gasteiger charge is 2.19. The smallest absolute Gasteiger partial charge is 0.0954 e. The number of aliphatic hydroxyl groups is 1. The summed E-state index contributed by atoms with van der Waals surface area (Å²) in [5, 5.41) is 12.5. The molecule has 1 aromatic carbocycles. The minimum Gasteiger partial charge on any atom is -0.398 e. The number of nitrogens with one attached hydrogen (secondary N) is 1. The van der Waals surface area contributed by atoms with Gasteiger partial charge in [-0.1, -0.05) is 12.1 Å². The molecule has 1 unspecified atom stereocenters. The van der Waals surface area contributed by atoms with E-state index in [0.29, 0.717) is 12.3 Å². The van der Waals surface area contributed by atoms with Crippen LogP contribution in [0.5, 0.6) is 0 Å². The Balaban J connectivity index is 2.29. The molecule has 4 N–H and O–H groups in total. The molecule has 1 saturated heterocycles. The molecule has 1 aliphatic heterocycles. The van der Waals surface area contributed by atoms with Crippen molar-refractivity contribution in [3.05, 3.63) is 29.3 Å². The molecule has 0 bridgehead atoms. The number of hydrogen-bond acceptors (Lipinski definition) is 4. The Morgan fingerprint density at radius 3 is 3.07 bits per heavy atom. The second-order valence-corrected chi connectivity index (χ2v) is 3.64. The SMILES string of the molecule is Nc1cccc(C2CNCCO2)c1CO. The molecular weight excluding hydrogens is 192 g/mol. The second-order valence-electron chi connectivity index (χ2n) is 3.64. The molecule has 1 atom stereocenters. The minimum atomic E-state index is -0.0398. The monoisotopic (exact) mass is 208 g/mol. The van der Waals surface area contributed by atoms with Gasteiger partial charge in [0.25, 0.3) is 0 Å². The average molecular weight is 208 g/mol. The van der Waals surface area contributed by atoms with Crippen LogP contribution in [0.15, 0.2) is 18.2 Å². The van der Waals surface area contributed by atoms with Crippen LogP contribution in [0.25, 0.3) is 0 Å². The molecule has 0 saturated carbocycles. The van der Waals surface area contributed by atoms with E-state index in [-0.39, 0.29) is 12.7 Å². The molecule has 4 nitrogen and oxygen atoms in total. The van der Waals surface area contributed by atoms with E-state index in [2.05, 4.69) is 5.32 Å². The standard InChI is InChI=1S/C11H16N2O2/c12-10-3-1-2-8(9(10)7-14)11-6-13-4-5-15-11/h1-3,11,13-14H,4-7,12H2. The van der Waals surface area contributed by atoms with E-state index in [1.807, 2.05) is 12.1 Å². The Morgan fingerprint density at radius 1 is 1.53 bits per heavy atom. The van der Waals surface area contributed by atoms with Crippen LogP contribution in [0.3, 0.4) is 0 Å². The zero-order valence-corrected chi connectivity index (χ0v) is 8.57. The Labute approximate surface area is 89.0 Å². The van der Waals surface area contributed by atoms with E-state index in [4.69, 9.17) is 10.5 Å². The summed E-state index contributed by atoms with van der Waals surface area (Å²) in [6.07, 6.45) is 0.00407. The molecule has 1 aliphatic rings. The van der Waals surface area contributed by atoms with Crippen molar-refractivity contribution in [2.45, 2.75) is 12.7 Å². The summed E-state index contributed by atoms with van der Waals surface area (Å²) in [5.41, 5.74) is 8.21. The van der Waals surface area contributed by atoms with Crippen molar-refractivity contribution < 1.29 is 9.84 Å². The third kappa shape index (κ3) is 2.12. The van der Waals surface area contributed by atoms with E-state index in [1.54, 1.807) is 6.07 Å². The fraction of sp³-hybridized carbons (Fsp3) is 0.455. The van der Waals surface area contributed by atoms with Crippen molar-refractivity contribution in [1.82, 2.24) is 5.32 Å². The van der Waals surface area contributed by atoms with Crippen molar-refractivity contribution in [3.8, 4) is 0 Å². The van der Waals surface area contributed by atoms with Crippen molar-refractivity contribution in [1.29, 1.82) is 0 Å². The first-order valence-corrected chi connectivity index (χ1v) is 5.13. The number of anilines is 1. The third-order valence-electron chi connectivity index (χ3n) is 2.68. The van der Waals surface area contributed by atoms with Crippen LogP contribution in [0.2, 0.25) is 0 Å². The summed E-state index contributed by atoms with van der Waals surface area (Å²) in [6.45, 7) is 2.32. The summed E-state index contributed by atoms with van der Waals surface area (Å²) >= 11 is 0. The number of nitrogen functional groups attached to an aromatic ring is 1. The van der Waals surface area contributed by atoms with Gasteiger partial charge in [-0.3, -0.25) is 0 Å². The van der Waals surface area contributed by atoms with Crippen LogP contribution in [0.1, 0.15) is 17.2 Å². The molecular formula is C11H16N2O2. The Hall–Kier alpha value is -1.10. The Kier molecular flexibility index (Phi) is 3.20. The third-order valence-corrected chi connectivity index (χ3v) is 2.68. The van der Waals surface area contributed by atoms with Crippen LogP contribution in [0.4, 0.5) is 5.69 Å². The van der Waals surface area contributed by atoms with Crippen LogP contribution < -0.4 is 11.1 Å². The molecule has 4 heteroatoms. The maximum absolute atomic E-state index is 9.27. The predicted molar refractivity (Wildman–Crippen MR) is 58.3 cm³/mol. The highest BCUT2D eigenvalue weighted by molar-refractivity contribution is 5.51. The number of ether oxygens (including phenoxy) is 1. The van der Waals surface area contributed by atoms with Crippen molar-refractivity contribution >= 4 is 5.69 Å². The van der Waals surface area contributed by atoms with Crippen LogP contribution >= 0.6 is 0 Å². The molecule has 0 spiro atoms. The largest absolute Gasteiger partial charge is 0.398 e. The van der Waals surface area contributed by atoms with Crippen LogP contribution in [0, 0.1) is 0 Å². The number of aliphatic hydroxyl groups excluding tert-OH is 1. The molecule has 1 heterocycles. The summed E-state index contributed by atoms with van der Waals surface area (Å²) in [4.78, 5) is 0. The second kappa shape index (κ2) is 4.61. The number of morpholine rings is 1. The van der Waals surface area contributed by atoms with E-state index in [0.717, 1.165) is 24.2 Å². The molecule has 0 aliphatic carbocycles. The molecule has 15 heavy (non-hydrogen) atoms. The lowest BCUT2D eigenvalue weighted by Crippen LogP contribution is -2.33. The van der Waals surface area contributed by atoms with E-state index in [1.165, 1.54) is 0 Å². The van der Waals surface area contributed by atoms with Gasteiger partial charge < -0.3 is 20.9 Å². The minimum absolute atomic E-state index is 0.00407. The fourth-order valence-corrected chi connectivity index (χ4v) is 1.87. The number of nitrogens with two attached hydrogens (primary N) is 1. The molecule has 2 rings (SSSR count). The summed E-state index contributed by atoms with van der Waals surface area (Å²) < 4.78 is 5.63. The highest BCUT2D eigenvalue weighted by atomic mass is 16.5. The molecule has 1 aromatic rings. The quantitative estimate of drug-likeness (QED) is 0.616. The number of rotatable bonds is 2. The van der Waals surface area contributed by atoms with E-state index in [9.17, 15) is 5.11 Å². The Bertz CT molecular complexity index is 335. The first kappa shape index (κ1) is 10.4. The zero-order valence-electron chi connectivity index (χ0n) is 8.57. The van der Waals surface area contributed by atoms with Gasteiger partial charge in [-0.05, 0) is 11.6 Å². The number of benzene rings is 1. The zero-order chi connectivity index (χ0) is 10.7. The number of hydrogen-bond donors (Lipinski definition) is 3. The lowest BCUT2D eigenvalue weighted by molar-refractivity contribution is 0.0265. The van der Waals surface area contributed by atoms with Crippen LogP contribution in [-0.4, -0.2) is 24.8 Å². The van der Waals surface area contributed by atoms with Gasteiger partial charge in [0.15, 0.2) is 0 Å². The maximum atomic E-state index is 9.27. The molecule has 0 amide bonds. The predicted octanol–water partition coefficient (Wildman–Crippen LogP) is 0.422. The van der Waals surface area contributed by atoms with E-state index < -0.39 is 0 Å². The van der Waals surface area contributed by atoms with Gasteiger partial charge in [-0.2, -0.15) is 0 Å². The molecule has 82 valence electrons. The fourth-order valence-electron chi connectivity index (χ4n) is 1.87. The van der Waals surface area contributed by atoms with Gasteiger partial charge >= 0.3 is 0 Å². The first-order chi connectivity index (χ1) is 7.33. The highest BCUT2D eigenvalue weighted by Crippen LogP contribution is 2.26. The maximum Gasteiger partial charge on any atom is 0.0954 e. The van der Waals surface area contributed by atoms with Crippen molar-refractivity contribution in [3.63, 3.8) is 0 Å². The van der Waals surface area contributed by atoms with Gasteiger partial charge in [0.05, 0.1) is 19.3 Å². The lowest BCUT2D eigenvalue weighted by Gasteiger charge is -2.26. The summed E-state index contributed by atoms with van der Waals surface area (Å²) in [7, 11) is 0. The lowest BCUT2D eigenvalue weighted by atomic mass is 10.0. The van der Waals surface area contributed by atoms with Gasteiger partial charge in [0, 0.05) is 24.3 Å². The average Bonchev–Trinajstić information content (AvgIpc) is 2.30. The van der Waals surface area contributed by atoms with Gasteiger partial charge in [0.1, 0.15) is 0 Å². The first-order valence-electron chi connectivity index (χ1n) is 5.13. The summed E-state index contributed by atoms with van der Waals surface area (Å²) in [5.74, 6) is 0. The topological polar surface area (TPSA) is 67.5 Å². The van der Waals surface area contributed by atoms with Crippen molar-refractivity contribution in [2.24, 2.45) is 0 Å². The van der Waals surface area contributed by atoms with E-state index >= 15 is 0 Å². The molecule has 0 aromatic heterocycles. The molecule has 0 radical (unpaired) electrons. The Morgan fingerprint density at radius 2 is 2.40 bits per heavy atom. The van der Waals surface area contributed by atoms with Gasteiger partial charge in [0.2, 0.25) is 0 Å². The normalized spacial score (nSPS) is 21.5. The van der Waals surface area contributed by atoms with Gasteiger partial charge in [-0.15, -0.1) is 0 Å².